The van der Waals surface area contributed by atoms with E-state index >= 15 is 0 Å². The van der Waals surface area contributed by atoms with Gasteiger partial charge < -0.3 is 9.80 Å². The third-order valence-corrected chi connectivity index (χ3v) is 5.02. The fraction of sp³-hybridized carbons (Fsp3) is 0.500. The predicted octanol–water partition coefficient (Wildman–Crippen LogP) is 2.87. The van der Waals surface area contributed by atoms with E-state index in [-0.39, 0.29) is 0 Å². The molecular weight excluding hydrogens is 258 g/mol. The molecule has 0 atom stereocenters. The lowest BCUT2D eigenvalue weighted by Crippen LogP contribution is -2.46. The Kier molecular flexibility index (Phi) is 3.30. The van der Waals surface area contributed by atoms with Gasteiger partial charge in [-0.05, 0) is 37.4 Å². The highest BCUT2D eigenvalue weighted by Crippen LogP contribution is 2.36. The average molecular weight is 281 g/mol. The first kappa shape index (κ1) is 13.1. The van der Waals surface area contributed by atoms with Crippen LogP contribution in [0.3, 0.4) is 0 Å². The van der Waals surface area contributed by atoms with Gasteiger partial charge in [-0.1, -0.05) is 25.1 Å². The molecular formula is C18H23N3. The highest BCUT2D eigenvalue weighted by molar-refractivity contribution is 5.94. The molecule has 1 fully saturated rings. The molecule has 21 heavy (non-hydrogen) atoms. The van der Waals surface area contributed by atoms with Gasteiger partial charge in [0, 0.05) is 37.3 Å². The van der Waals surface area contributed by atoms with E-state index < -0.39 is 0 Å². The van der Waals surface area contributed by atoms with Crippen molar-refractivity contribution in [3.63, 3.8) is 0 Å². The van der Waals surface area contributed by atoms with E-state index in [1.165, 1.54) is 60.3 Å². The van der Waals surface area contributed by atoms with Crippen LogP contribution >= 0.6 is 0 Å². The first-order valence-corrected chi connectivity index (χ1v) is 8.24. The van der Waals surface area contributed by atoms with Gasteiger partial charge in [-0.15, -0.1) is 0 Å². The summed E-state index contributed by atoms with van der Waals surface area (Å²) < 4.78 is 0. The highest BCUT2D eigenvalue weighted by atomic mass is 15.3. The number of pyridine rings is 1. The van der Waals surface area contributed by atoms with Crippen molar-refractivity contribution in [3.05, 3.63) is 35.5 Å². The lowest BCUT2D eigenvalue weighted by molar-refractivity contribution is 0.271. The maximum absolute atomic E-state index is 4.91. The Hall–Kier alpha value is -1.61. The van der Waals surface area contributed by atoms with Gasteiger partial charge in [-0.25, -0.2) is 0 Å². The number of aryl methyl sites for hydroxylation is 1. The van der Waals surface area contributed by atoms with Crippen LogP contribution in [-0.2, 0) is 12.8 Å². The van der Waals surface area contributed by atoms with E-state index in [0.29, 0.717) is 0 Å². The summed E-state index contributed by atoms with van der Waals surface area (Å²) in [6, 6.07) is 8.68. The van der Waals surface area contributed by atoms with Crippen LogP contribution in [0.4, 0.5) is 5.69 Å². The lowest BCUT2D eigenvalue weighted by atomic mass is 10.0. The molecule has 1 saturated heterocycles. The first-order valence-electron chi connectivity index (χ1n) is 8.24. The molecule has 0 amide bonds. The van der Waals surface area contributed by atoms with Crippen LogP contribution in [-0.4, -0.2) is 42.6 Å². The van der Waals surface area contributed by atoms with E-state index in [1.54, 1.807) is 0 Å². The number of piperazine rings is 1. The third-order valence-electron chi connectivity index (χ3n) is 5.02. The molecule has 2 aliphatic rings. The molecule has 0 saturated carbocycles. The Morgan fingerprint density at radius 1 is 1.05 bits per heavy atom. The minimum absolute atomic E-state index is 1.15. The third kappa shape index (κ3) is 2.20. The fourth-order valence-corrected chi connectivity index (χ4v) is 3.83. The monoisotopic (exact) mass is 281 g/mol. The van der Waals surface area contributed by atoms with Crippen LogP contribution < -0.4 is 4.90 Å². The second-order valence-corrected chi connectivity index (χ2v) is 6.18. The number of aromatic nitrogens is 1. The van der Waals surface area contributed by atoms with Crippen molar-refractivity contribution in [2.24, 2.45) is 0 Å². The van der Waals surface area contributed by atoms with Crippen LogP contribution in [0.25, 0.3) is 10.9 Å². The van der Waals surface area contributed by atoms with Crippen LogP contribution in [0.1, 0.15) is 24.6 Å². The van der Waals surface area contributed by atoms with Gasteiger partial charge in [0.15, 0.2) is 0 Å². The van der Waals surface area contributed by atoms with E-state index in [4.69, 9.17) is 4.98 Å². The van der Waals surface area contributed by atoms with Crippen molar-refractivity contribution >= 4 is 16.6 Å². The van der Waals surface area contributed by atoms with Gasteiger partial charge >= 0.3 is 0 Å². The summed E-state index contributed by atoms with van der Waals surface area (Å²) in [5.74, 6) is 0. The lowest BCUT2D eigenvalue weighted by Gasteiger charge is -2.37. The standard InChI is InChI=1S/C18H23N3/c1-2-20-10-12-21(13-11-20)18-14-6-3-4-8-16(14)19-17-9-5-7-15(17)18/h3-4,6,8H,2,5,7,9-13H2,1H3. The second-order valence-electron chi connectivity index (χ2n) is 6.18. The van der Waals surface area contributed by atoms with Gasteiger partial charge in [0.1, 0.15) is 0 Å². The molecule has 1 aromatic carbocycles. The van der Waals surface area contributed by atoms with Crippen LogP contribution in [0.2, 0.25) is 0 Å². The second kappa shape index (κ2) is 5.30. The number of likely N-dealkylation sites (N-methyl/N-ethyl adjacent to an activating group) is 1. The summed E-state index contributed by atoms with van der Waals surface area (Å²) in [4.78, 5) is 10.1. The van der Waals surface area contributed by atoms with Crippen molar-refractivity contribution in [1.29, 1.82) is 0 Å². The molecule has 1 aliphatic heterocycles. The average Bonchev–Trinajstić information content (AvgIpc) is 3.00. The summed E-state index contributed by atoms with van der Waals surface area (Å²) >= 11 is 0. The number of anilines is 1. The van der Waals surface area contributed by atoms with Crippen molar-refractivity contribution in [2.45, 2.75) is 26.2 Å². The van der Waals surface area contributed by atoms with Gasteiger partial charge in [-0.3, -0.25) is 4.98 Å². The zero-order valence-corrected chi connectivity index (χ0v) is 12.8. The summed E-state index contributed by atoms with van der Waals surface area (Å²) in [5, 5.41) is 1.35. The molecule has 0 N–H and O–H groups in total. The van der Waals surface area contributed by atoms with E-state index in [1.807, 2.05) is 0 Å². The number of nitrogens with zero attached hydrogens (tertiary/aromatic N) is 3. The van der Waals surface area contributed by atoms with Gasteiger partial charge in [-0.2, -0.15) is 0 Å². The molecule has 110 valence electrons. The molecule has 2 heterocycles. The zero-order valence-electron chi connectivity index (χ0n) is 12.8. The fourth-order valence-electron chi connectivity index (χ4n) is 3.83. The SMILES string of the molecule is CCN1CCN(c2c3c(nc4ccccc24)CCC3)CC1. The summed E-state index contributed by atoms with van der Waals surface area (Å²) in [5.41, 5.74) is 5.54. The number of hydrogen-bond donors (Lipinski definition) is 0. The minimum Gasteiger partial charge on any atom is -0.368 e. The molecule has 4 rings (SSSR count). The normalized spacial score (nSPS) is 19.2. The maximum atomic E-state index is 4.91. The maximum Gasteiger partial charge on any atom is 0.0726 e. The molecule has 0 unspecified atom stereocenters. The van der Waals surface area contributed by atoms with Crippen LogP contribution in [0.15, 0.2) is 24.3 Å². The molecule has 3 heteroatoms. The summed E-state index contributed by atoms with van der Waals surface area (Å²) in [7, 11) is 0. The van der Waals surface area contributed by atoms with Gasteiger partial charge in [0.2, 0.25) is 0 Å². The number of fused-ring (bicyclic) bond motifs is 2. The molecule has 1 aliphatic carbocycles. The quantitative estimate of drug-likeness (QED) is 0.844. The largest absolute Gasteiger partial charge is 0.368 e. The van der Waals surface area contributed by atoms with Crippen LogP contribution in [0, 0.1) is 0 Å². The smallest absolute Gasteiger partial charge is 0.0726 e. The zero-order chi connectivity index (χ0) is 14.2. The van der Waals surface area contributed by atoms with Gasteiger partial charge in [0.25, 0.3) is 0 Å². The van der Waals surface area contributed by atoms with Crippen LogP contribution in [0.5, 0.6) is 0 Å². The van der Waals surface area contributed by atoms with E-state index in [9.17, 15) is 0 Å². The van der Waals surface area contributed by atoms with Crippen molar-refractivity contribution in [3.8, 4) is 0 Å². The van der Waals surface area contributed by atoms with Crippen molar-refractivity contribution in [2.75, 3.05) is 37.6 Å². The summed E-state index contributed by atoms with van der Waals surface area (Å²) in [6.07, 6.45) is 3.62. The first-order chi connectivity index (χ1) is 10.4. The number of rotatable bonds is 2. The Morgan fingerprint density at radius 3 is 2.67 bits per heavy atom. The molecule has 0 radical (unpaired) electrons. The van der Waals surface area contributed by atoms with Crippen molar-refractivity contribution < 1.29 is 0 Å². The Bertz CT molecular complexity index is 657. The van der Waals surface area contributed by atoms with Crippen molar-refractivity contribution in [1.82, 2.24) is 9.88 Å². The Morgan fingerprint density at radius 2 is 1.86 bits per heavy atom. The number of benzene rings is 1. The van der Waals surface area contributed by atoms with E-state index in [0.717, 1.165) is 19.5 Å². The molecule has 0 bridgehead atoms. The Labute approximate surface area is 126 Å². The minimum atomic E-state index is 1.15. The number of para-hydroxylation sites is 1. The molecule has 2 aromatic rings. The highest BCUT2D eigenvalue weighted by Gasteiger charge is 2.25. The topological polar surface area (TPSA) is 19.4 Å². The predicted molar refractivity (Wildman–Crippen MR) is 88.1 cm³/mol. The van der Waals surface area contributed by atoms with Gasteiger partial charge in [0.05, 0.1) is 11.2 Å². The molecule has 3 nitrogen and oxygen atoms in total. The molecule has 1 aromatic heterocycles. The molecule has 0 spiro atoms. The Balaban J connectivity index is 1.80. The summed E-state index contributed by atoms with van der Waals surface area (Å²) in [6.45, 7) is 8.09. The number of hydrogen-bond acceptors (Lipinski definition) is 3. The van der Waals surface area contributed by atoms with E-state index in [2.05, 4.69) is 41.0 Å².